The maximum Gasteiger partial charge on any atom is 0.393 e. The Morgan fingerprint density at radius 3 is 2.67 bits per heavy atom. The molecule has 0 unspecified atom stereocenters. The Morgan fingerprint density at radius 1 is 1.22 bits per heavy atom. The third-order valence-electron chi connectivity index (χ3n) is 2.07. The highest BCUT2D eigenvalue weighted by Crippen LogP contribution is 2.22. The number of hydrogen-bond donors (Lipinski definition) is 0. The Balaban J connectivity index is 2.36. The molecule has 0 bridgehead atoms. The third kappa shape index (κ3) is 2.90. The maximum absolute atomic E-state index is 12.2. The van der Waals surface area contributed by atoms with Gasteiger partial charge in [-0.25, -0.2) is 0 Å². The van der Waals surface area contributed by atoms with Gasteiger partial charge in [0.15, 0.2) is 6.20 Å². The van der Waals surface area contributed by atoms with Crippen molar-refractivity contribution in [3.8, 4) is 11.4 Å². The number of halogens is 3. The standard InChI is InChI=1S/C10H7F3N4O/c11-10(12,13)4-7-3-8(6-14-5-7)9-15-1-2-16-17(9)18/h1-3,5-6H,4H2. The number of pyridine rings is 1. The van der Waals surface area contributed by atoms with Crippen molar-refractivity contribution in [2.45, 2.75) is 12.6 Å². The van der Waals surface area contributed by atoms with E-state index in [0.29, 0.717) is 0 Å². The van der Waals surface area contributed by atoms with Gasteiger partial charge in [-0.2, -0.15) is 13.2 Å². The van der Waals surface area contributed by atoms with Gasteiger partial charge in [0.05, 0.1) is 12.0 Å². The first kappa shape index (κ1) is 12.2. The SMILES string of the molecule is [O-][n+]1nccnc1-c1cncc(CC(F)(F)F)c1. The zero-order valence-corrected chi connectivity index (χ0v) is 8.92. The minimum absolute atomic E-state index is 0.0364. The van der Waals surface area contributed by atoms with E-state index in [1.165, 1.54) is 24.7 Å². The van der Waals surface area contributed by atoms with Gasteiger partial charge in [-0.3, -0.25) is 4.98 Å². The van der Waals surface area contributed by atoms with Gasteiger partial charge in [-0.15, -0.1) is 4.85 Å². The Labute approximate surface area is 99.5 Å². The molecule has 2 aromatic rings. The summed E-state index contributed by atoms with van der Waals surface area (Å²) in [6.07, 6.45) is -0.604. The molecule has 0 aromatic carbocycles. The van der Waals surface area contributed by atoms with Crippen LogP contribution >= 0.6 is 0 Å². The van der Waals surface area contributed by atoms with Crippen molar-refractivity contribution in [1.29, 1.82) is 0 Å². The molecule has 0 saturated heterocycles. The van der Waals surface area contributed by atoms with Crippen molar-refractivity contribution in [1.82, 2.24) is 15.1 Å². The van der Waals surface area contributed by atoms with E-state index in [1.807, 2.05) is 0 Å². The van der Waals surface area contributed by atoms with E-state index in [-0.39, 0.29) is 21.8 Å². The predicted molar refractivity (Wildman–Crippen MR) is 54.0 cm³/mol. The van der Waals surface area contributed by atoms with Gasteiger partial charge >= 0.3 is 12.0 Å². The summed E-state index contributed by atoms with van der Waals surface area (Å²) in [4.78, 5) is 7.65. The van der Waals surface area contributed by atoms with Crippen LogP contribution in [0.5, 0.6) is 0 Å². The second-order valence-corrected chi connectivity index (χ2v) is 3.51. The molecule has 0 radical (unpaired) electrons. The summed E-state index contributed by atoms with van der Waals surface area (Å²) >= 11 is 0. The van der Waals surface area contributed by atoms with Crippen LogP contribution in [0.15, 0.2) is 30.9 Å². The molecule has 2 rings (SSSR count). The Hall–Kier alpha value is -2.25. The third-order valence-corrected chi connectivity index (χ3v) is 2.07. The molecule has 0 aliphatic carbocycles. The normalized spacial score (nSPS) is 11.5. The smallest absolute Gasteiger partial charge is 0.393 e. The summed E-state index contributed by atoms with van der Waals surface area (Å²) in [5.41, 5.74) is 0.158. The van der Waals surface area contributed by atoms with E-state index >= 15 is 0 Å². The lowest BCUT2D eigenvalue weighted by Crippen LogP contribution is -2.34. The van der Waals surface area contributed by atoms with Gasteiger partial charge in [0.2, 0.25) is 0 Å². The van der Waals surface area contributed by atoms with Crippen molar-refractivity contribution >= 4 is 0 Å². The molecule has 0 aliphatic heterocycles. The lowest BCUT2D eigenvalue weighted by Gasteiger charge is -2.07. The van der Waals surface area contributed by atoms with Crippen LogP contribution < -0.4 is 4.85 Å². The average Bonchev–Trinajstić information content (AvgIpc) is 2.27. The van der Waals surface area contributed by atoms with Crippen LogP contribution in [-0.4, -0.2) is 21.2 Å². The Bertz CT molecular complexity index is 559. The van der Waals surface area contributed by atoms with Crippen molar-refractivity contribution in [2.75, 3.05) is 0 Å². The van der Waals surface area contributed by atoms with E-state index < -0.39 is 12.6 Å². The molecule has 2 aromatic heterocycles. The second-order valence-electron chi connectivity index (χ2n) is 3.51. The number of rotatable bonds is 2. The Kier molecular flexibility index (Phi) is 3.09. The molecule has 0 saturated carbocycles. The summed E-state index contributed by atoms with van der Waals surface area (Å²) < 4.78 is 36.7. The fourth-order valence-corrected chi connectivity index (χ4v) is 1.42. The molecule has 94 valence electrons. The van der Waals surface area contributed by atoms with Crippen LogP contribution in [0.1, 0.15) is 5.56 Å². The van der Waals surface area contributed by atoms with Gasteiger partial charge in [0.25, 0.3) is 0 Å². The van der Waals surface area contributed by atoms with Gasteiger partial charge < -0.3 is 5.21 Å². The van der Waals surface area contributed by atoms with Crippen LogP contribution in [0.2, 0.25) is 0 Å². The average molecular weight is 256 g/mol. The van der Waals surface area contributed by atoms with Crippen LogP contribution in [0.3, 0.4) is 0 Å². The monoisotopic (exact) mass is 256 g/mol. The number of aromatic nitrogens is 4. The molecular formula is C10H7F3N4O. The minimum atomic E-state index is -4.32. The summed E-state index contributed by atoms with van der Waals surface area (Å²) in [7, 11) is 0. The lowest BCUT2D eigenvalue weighted by molar-refractivity contribution is -0.660. The molecule has 0 spiro atoms. The highest BCUT2D eigenvalue weighted by molar-refractivity contribution is 5.51. The van der Waals surface area contributed by atoms with Gasteiger partial charge in [-0.1, -0.05) is 5.10 Å². The van der Waals surface area contributed by atoms with Crippen molar-refractivity contribution in [3.63, 3.8) is 0 Å². The van der Waals surface area contributed by atoms with Gasteiger partial charge in [-0.05, 0) is 16.6 Å². The number of alkyl halides is 3. The first-order valence-electron chi connectivity index (χ1n) is 4.87. The molecule has 18 heavy (non-hydrogen) atoms. The van der Waals surface area contributed by atoms with E-state index in [9.17, 15) is 18.4 Å². The van der Waals surface area contributed by atoms with E-state index in [4.69, 9.17) is 0 Å². The fourth-order valence-electron chi connectivity index (χ4n) is 1.42. The molecule has 0 aliphatic rings. The quantitative estimate of drug-likeness (QED) is 0.599. The minimum Gasteiger partial charge on any atom is -0.690 e. The first-order chi connectivity index (χ1) is 8.46. The maximum atomic E-state index is 12.2. The summed E-state index contributed by atoms with van der Waals surface area (Å²) in [5.74, 6) is -0.0889. The molecular weight excluding hydrogens is 249 g/mol. The molecule has 0 N–H and O–H groups in total. The topological polar surface area (TPSA) is 65.6 Å². The van der Waals surface area contributed by atoms with E-state index in [2.05, 4.69) is 15.1 Å². The van der Waals surface area contributed by atoms with Crippen LogP contribution in [0, 0.1) is 5.21 Å². The van der Waals surface area contributed by atoms with Crippen LogP contribution in [-0.2, 0) is 6.42 Å². The molecule has 2 heterocycles. The summed E-state index contributed by atoms with van der Waals surface area (Å²) in [6.45, 7) is 0. The molecule has 8 heteroatoms. The predicted octanol–water partition coefficient (Wildman–Crippen LogP) is 1.28. The highest BCUT2D eigenvalue weighted by atomic mass is 19.4. The zero-order chi connectivity index (χ0) is 13.2. The summed E-state index contributed by atoms with van der Waals surface area (Å²) in [6, 6.07) is 1.22. The lowest BCUT2D eigenvalue weighted by atomic mass is 10.1. The second kappa shape index (κ2) is 4.55. The molecule has 0 amide bonds. The van der Waals surface area contributed by atoms with Crippen molar-refractivity contribution in [3.05, 3.63) is 41.6 Å². The van der Waals surface area contributed by atoms with Gasteiger partial charge in [0, 0.05) is 12.4 Å². The molecule has 0 atom stereocenters. The van der Waals surface area contributed by atoms with E-state index in [1.54, 1.807) is 0 Å². The fraction of sp³-hybridized carbons (Fsp3) is 0.200. The van der Waals surface area contributed by atoms with Crippen molar-refractivity contribution in [2.24, 2.45) is 0 Å². The van der Waals surface area contributed by atoms with E-state index in [0.717, 1.165) is 6.20 Å². The number of nitrogens with zero attached hydrogens (tertiary/aromatic N) is 4. The Morgan fingerprint density at radius 2 is 2.00 bits per heavy atom. The number of hydrogen-bond acceptors (Lipinski definition) is 4. The van der Waals surface area contributed by atoms with Crippen LogP contribution in [0.4, 0.5) is 13.2 Å². The van der Waals surface area contributed by atoms with Gasteiger partial charge in [0.1, 0.15) is 6.20 Å². The molecule has 0 fully saturated rings. The van der Waals surface area contributed by atoms with Crippen molar-refractivity contribution < 1.29 is 18.0 Å². The first-order valence-corrected chi connectivity index (χ1v) is 4.87. The van der Waals surface area contributed by atoms with Crippen LogP contribution in [0.25, 0.3) is 11.4 Å². The molecule has 5 nitrogen and oxygen atoms in total. The zero-order valence-electron chi connectivity index (χ0n) is 8.92. The summed E-state index contributed by atoms with van der Waals surface area (Å²) in [5, 5.41) is 14.7. The largest absolute Gasteiger partial charge is 0.690 e. The highest BCUT2D eigenvalue weighted by Gasteiger charge is 2.28.